The van der Waals surface area contributed by atoms with Crippen LogP contribution in [0.4, 0.5) is 11.4 Å². The highest BCUT2D eigenvalue weighted by atomic mass is 16.6. The van der Waals surface area contributed by atoms with Gasteiger partial charge in [0, 0.05) is 24.6 Å². The lowest BCUT2D eigenvalue weighted by Gasteiger charge is -2.08. The molecule has 2 rings (SSSR count). The van der Waals surface area contributed by atoms with Gasteiger partial charge in [-0.1, -0.05) is 25.1 Å². The number of rotatable bonds is 6. The highest BCUT2D eigenvalue weighted by molar-refractivity contribution is 5.71. The first-order chi connectivity index (χ1) is 11.8. The molecule has 8 heteroatoms. The van der Waals surface area contributed by atoms with Crippen molar-refractivity contribution in [2.75, 3.05) is 0 Å². The third-order valence-corrected chi connectivity index (χ3v) is 3.71. The lowest BCUT2D eigenvalue weighted by molar-refractivity contribution is -0.386. The fraction of sp³-hybridized carbons (Fsp3) is 0.235. The second kappa shape index (κ2) is 7.52. The van der Waals surface area contributed by atoms with Crippen molar-refractivity contribution in [2.24, 2.45) is 0 Å². The zero-order valence-electron chi connectivity index (χ0n) is 13.7. The summed E-state index contributed by atoms with van der Waals surface area (Å²) in [4.78, 5) is 32.3. The van der Waals surface area contributed by atoms with Gasteiger partial charge in [-0.2, -0.15) is 0 Å². The quantitative estimate of drug-likeness (QED) is 0.447. The van der Waals surface area contributed by atoms with Crippen LogP contribution >= 0.6 is 0 Å². The fourth-order valence-corrected chi connectivity index (χ4v) is 2.43. The van der Waals surface area contributed by atoms with Crippen LogP contribution in [0.15, 0.2) is 36.4 Å². The van der Waals surface area contributed by atoms with E-state index in [2.05, 4.69) is 0 Å². The largest absolute Gasteiger partial charge is 0.461 e. The number of hydrogen-bond donors (Lipinski definition) is 0. The van der Waals surface area contributed by atoms with Crippen molar-refractivity contribution in [3.63, 3.8) is 0 Å². The normalized spacial score (nSPS) is 10.3. The molecule has 0 heterocycles. The van der Waals surface area contributed by atoms with Crippen LogP contribution in [-0.4, -0.2) is 15.8 Å². The van der Waals surface area contributed by atoms with Gasteiger partial charge in [0.05, 0.1) is 15.4 Å². The molecule has 25 heavy (non-hydrogen) atoms. The molecular formula is C17H16N2O6. The Balaban J connectivity index is 2.48. The van der Waals surface area contributed by atoms with Crippen molar-refractivity contribution in [1.82, 2.24) is 0 Å². The summed E-state index contributed by atoms with van der Waals surface area (Å²) in [5.74, 6) is -0.538. The maximum Gasteiger partial charge on any atom is 0.302 e. The predicted molar refractivity (Wildman–Crippen MR) is 90.0 cm³/mol. The molecule has 0 fully saturated rings. The van der Waals surface area contributed by atoms with Crippen LogP contribution in [0.1, 0.15) is 25.0 Å². The van der Waals surface area contributed by atoms with Gasteiger partial charge in [-0.25, -0.2) is 0 Å². The number of ether oxygens (including phenoxy) is 1. The van der Waals surface area contributed by atoms with E-state index in [0.29, 0.717) is 23.1 Å². The molecule has 0 spiro atoms. The Morgan fingerprint density at radius 2 is 1.44 bits per heavy atom. The summed E-state index contributed by atoms with van der Waals surface area (Å²) in [7, 11) is 0. The molecule has 0 bridgehead atoms. The number of aryl methyl sites for hydroxylation is 1. The van der Waals surface area contributed by atoms with Gasteiger partial charge in [-0.15, -0.1) is 0 Å². The van der Waals surface area contributed by atoms with Gasteiger partial charge in [0.15, 0.2) is 0 Å². The standard InChI is InChI=1S/C17H16N2O6/c1-3-12-4-5-13(8-16(12)18(21)22)14-6-7-15(10-25-11(2)20)17(9-14)19(23)24/h4-9H,3,10H2,1-2H3. The van der Waals surface area contributed by atoms with Crippen LogP contribution in [0.2, 0.25) is 0 Å². The first-order valence-corrected chi connectivity index (χ1v) is 7.51. The zero-order valence-corrected chi connectivity index (χ0v) is 13.7. The number of benzene rings is 2. The molecule has 0 aliphatic heterocycles. The second-order valence-corrected chi connectivity index (χ2v) is 5.34. The van der Waals surface area contributed by atoms with Crippen molar-refractivity contribution in [1.29, 1.82) is 0 Å². The van der Waals surface area contributed by atoms with E-state index in [0.717, 1.165) is 0 Å². The lowest BCUT2D eigenvalue weighted by atomic mass is 9.99. The van der Waals surface area contributed by atoms with Crippen molar-refractivity contribution in [3.8, 4) is 11.1 Å². The lowest BCUT2D eigenvalue weighted by Crippen LogP contribution is -2.02. The summed E-state index contributed by atoms with van der Waals surface area (Å²) in [6.07, 6.45) is 0.512. The van der Waals surface area contributed by atoms with Gasteiger partial charge in [0.1, 0.15) is 6.61 Å². The maximum absolute atomic E-state index is 11.3. The molecule has 0 unspecified atom stereocenters. The Bertz CT molecular complexity index is 847. The molecule has 2 aromatic rings. The molecule has 0 saturated carbocycles. The van der Waals surface area contributed by atoms with E-state index in [1.165, 1.54) is 25.1 Å². The molecule has 0 atom stereocenters. The summed E-state index contributed by atoms with van der Waals surface area (Å²) in [6, 6.07) is 9.16. The van der Waals surface area contributed by atoms with Crippen molar-refractivity contribution in [2.45, 2.75) is 26.9 Å². The van der Waals surface area contributed by atoms with E-state index in [9.17, 15) is 25.0 Å². The summed E-state index contributed by atoms with van der Waals surface area (Å²) in [5, 5.41) is 22.5. The average Bonchev–Trinajstić information content (AvgIpc) is 2.59. The van der Waals surface area contributed by atoms with Crippen molar-refractivity contribution >= 4 is 17.3 Å². The topological polar surface area (TPSA) is 113 Å². The van der Waals surface area contributed by atoms with Crippen LogP contribution in [0.3, 0.4) is 0 Å². The van der Waals surface area contributed by atoms with Crippen molar-refractivity contribution < 1.29 is 19.4 Å². The third kappa shape index (κ3) is 4.17. The van der Waals surface area contributed by atoms with Gasteiger partial charge < -0.3 is 4.74 Å². The summed E-state index contributed by atoms with van der Waals surface area (Å²) >= 11 is 0. The maximum atomic E-state index is 11.3. The zero-order chi connectivity index (χ0) is 18.6. The summed E-state index contributed by atoms with van der Waals surface area (Å²) in [6.45, 7) is 2.83. The predicted octanol–water partition coefficient (Wildman–Crippen LogP) is 3.80. The van der Waals surface area contributed by atoms with E-state index >= 15 is 0 Å². The Labute approximate surface area is 143 Å². The molecule has 0 radical (unpaired) electrons. The number of esters is 1. The molecule has 0 aliphatic carbocycles. The van der Waals surface area contributed by atoms with Gasteiger partial charge in [-0.05, 0) is 23.6 Å². The number of hydrogen-bond acceptors (Lipinski definition) is 6. The number of nitro groups is 2. The number of nitrogens with zero attached hydrogens (tertiary/aromatic N) is 2. The molecule has 0 amide bonds. The smallest absolute Gasteiger partial charge is 0.302 e. The minimum absolute atomic E-state index is 0.0216. The summed E-state index contributed by atoms with van der Waals surface area (Å²) < 4.78 is 4.81. The number of carbonyl (C=O) groups excluding carboxylic acids is 1. The van der Waals surface area contributed by atoms with Crippen LogP contribution in [0.5, 0.6) is 0 Å². The fourth-order valence-electron chi connectivity index (χ4n) is 2.43. The molecule has 0 aromatic heterocycles. The number of carbonyl (C=O) groups is 1. The van der Waals surface area contributed by atoms with Crippen LogP contribution < -0.4 is 0 Å². The highest BCUT2D eigenvalue weighted by Crippen LogP contribution is 2.31. The molecule has 130 valence electrons. The van der Waals surface area contributed by atoms with Crippen molar-refractivity contribution in [3.05, 3.63) is 67.8 Å². The Hall–Kier alpha value is -3.29. The van der Waals surface area contributed by atoms with E-state index in [-0.39, 0.29) is 23.5 Å². The van der Waals surface area contributed by atoms with E-state index < -0.39 is 15.8 Å². The summed E-state index contributed by atoms with van der Waals surface area (Å²) in [5.41, 5.74) is 1.60. The van der Waals surface area contributed by atoms with Gasteiger partial charge in [-0.3, -0.25) is 25.0 Å². The van der Waals surface area contributed by atoms with E-state index in [1.54, 1.807) is 18.2 Å². The van der Waals surface area contributed by atoms with Crippen LogP contribution in [-0.2, 0) is 22.6 Å². The minimum Gasteiger partial charge on any atom is -0.461 e. The van der Waals surface area contributed by atoms with Crippen LogP contribution in [0, 0.1) is 20.2 Å². The Morgan fingerprint density at radius 3 is 1.88 bits per heavy atom. The molecular weight excluding hydrogens is 328 g/mol. The number of nitro benzene ring substituents is 2. The molecule has 0 saturated heterocycles. The van der Waals surface area contributed by atoms with E-state index in [1.807, 2.05) is 6.92 Å². The van der Waals surface area contributed by atoms with Gasteiger partial charge in [0.25, 0.3) is 11.4 Å². The second-order valence-electron chi connectivity index (χ2n) is 5.34. The van der Waals surface area contributed by atoms with Gasteiger partial charge >= 0.3 is 5.97 Å². The first kappa shape index (κ1) is 18.1. The Kier molecular flexibility index (Phi) is 5.43. The average molecular weight is 344 g/mol. The molecule has 8 nitrogen and oxygen atoms in total. The highest BCUT2D eigenvalue weighted by Gasteiger charge is 2.18. The third-order valence-electron chi connectivity index (χ3n) is 3.71. The first-order valence-electron chi connectivity index (χ1n) is 7.51. The Morgan fingerprint density at radius 1 is 0.960 bits per heavy atom. The van der Waals surface area contributed by atoms with Gasteiger partial charge in [0.2, 0.25) is 0 Å². The molecule has 2 aromatic carbocycles. The molecule has 0 N–H and O–H groups in total. The van der Waals surface area contributed by atoms with Crippen LogP contribution in [0.25, 0.3) is 11.1 Å². The van der Waals surface area contributed by atoms with E-state index in [4.69, 9.17) is 4.74 Å². The molecule has 0 aliphatic rings. The monoisotopic (exact) mass is 344 g/mol. The SMILES string of the molecule is CCc1ccc(-c2ccc(COC(C)=O)c([N+](=O)[O-])c2)cc1[N+](=O)[O-]. The minimum atomic E-state index is -0.572.